The monoisotopic (exact) mass is 260 g/mol. The van der Waals surface area contributed by atoms with Crippen molar-refractivity contribution in [3.8, 4) is 0 Å². The Morgan fingerprint density at radius 3 is 2.16 bits per heavy atom. The minimum Gasteiger partial charge on any atom is -0.294 e. The molecule has 0 aromatic rings. The van der Waals surface area contributed by atoms with Gasteiger partial charge in [0.15, 0.2) is 0 Å². The molecule has 2 aliphatic carbocycles. The van der Waals surface area contributed by atoms with Gasteiger partial charge in [-0.25, -0.2) is 0 Å². The lowest BCUT2D eigenvalue weighted by atomic mass is 9.96. The molecule has 0 amide bonds. The highest BCUT2D eigenvalue weighted by Gasteiger charge is 2.31. The van der Waals surface area contributed by atoms with Crippen molar-refractivity contribution < 1.29 is 0 Å². The number of piperazine rings is 1. The first kappa shape index (κ1) is 13.4. The van der Waals surface area contributed by atoms with Gasteiger partial charge in [0.2, 0.25) is 0 Å². The molecule has 106 valence electrons. The third-order valence-electron chi connectivity index (χ3n) is 5.06. The first-order valence-electron chi connectivity index (χ1n) is 8.18. The molecule has 3 atom stereocenters. The minimum absolute atomic E-state index is 0.705. The summed E-state index contributed by atoms with van der Waals surface area (Å²) in [5.41, 5.74) is 0. The normalized spacial score (nSPS) is 37.6. The molecule has 1 aliphatic heterocycles. The predicted octanol–water partition coefficient (Wildman–Crippen LogP) is 3.21. The summed E-state index contributed by atoms with van der Waals surface area (Å²) in [6, 6.07) is 2.14. The number of rotatable bonds is 2. The molecule has 0 bridgehead atoms. The smallest absolute Gasteiger partial charge is 0.0282 e. The molecule has 2 nitrogen and oxygen atoms in total. The van der Waals surface area contributed by atoms with Crippen molar-refractivity contribution >= 4 is 0 Å². The molecule has 19 heavy (non-hydrogen) atoms. The lowest BCUT2D eigenvalue weighted by molar-refractivity contribution is 0.0429. The largest absolute Gasteiger partial charge is 0.294 e. The molecule has 1 fully saturated rings. The van der Waals surface area contributed by atoms with E-state index in [0.29, 0.717) is 12.1 Å². The van der Waals surface area contributed by atoms with E-state index in [2.05, 4.69) is 41.0 Å². The maximum absolute atomic E-state index is 2.73. The van der Waals surface area contributed by atoms with E-state index >= 15 is 0 Å². The van der Waals surface area contributed by atoms with E-state index in [1.807, 2.05) is 0 Å². The summed E-state index contributed by atoms with van der Waals surface area (Å²) in [5.74, 6) is 0. The van der Waals surface area contributed by atoms with Crippen LogP contribution in [0.2, 0.25) is 0 Å². The van der Waals surface area contributed by atoms with Crippen LogP contribution in [0.25, 0.3) is 0 Å². The molecule has 0 spiro atoms. The van der Waals surface area contributed by atoms with Gasteiger partial charge in [-0.3, -0.25) is 9.80 Å². The summed E-state index contributed by atoms with van der Waals surface area (Å²) >= 11 is 0. The Balaban J connectivity index is 1.58. The van der Waals surface area contributed by atoms with Gasteiger partial charge in [0.25, 0.3) is 0 Å². The number of hydrogen-bond acceptors (Lipinski definition) is 2. The quantitative estimate of drug-likeness (QED) is 0.704. The molecule has 0 radical (unpaired) electrons. The Morgan fingerprint density at radius 1 is 0.895 bits per heavy atom. The highest BCUT2D eigenvalue weighted by Crippen LogP contribution is 2.24. The van der Waals surface area contributed by atoms with Gasteiger partial charge in [0.05, 0.1) is 0 Å². The van der Waals surface area contributed by atoms with Gasteiger partial charge < -0.3 is 0 Å². The second kappa shape index (κ2) is 6.23. The van der Waals surface area contributed by atoms with Gasteiger partial charge in [0, 0.05) is 37.8 Å². The molecule has 2 heteroatoms. The van der Waals surface area contributed by atoms with Crippen molar-refractivity contribution in [2.24, 2.45) is 0 Å². The summed E-state index contributed by atoms with van der Waals surface area (Å²) in [5, 5.41) is 0. The molecule has 3 rings (SSSR count). The summed E-state index contributed by atoms with van der Waals surface area (Å²) in [6.07, 6.45) is 17.7. The van der Waals surface area contributed by atoms with Crippen molar-refractivity contribution in [3.05, 3.63) is 24.3 Å². The van der Waals surface area contributed by atoms with Gasteiger partial charge in [-0.1, -0.05) is 24.3 Å². The molecule has 0 aromatic carbocycles. The van der Waals surface area contributed by atoms with Gasteiger partial charge in [-0.2, -0.15) is 0 Å². The van der Waals surface area contributed by atoms with E-state index in [9.17, 15) is 0 Å². The van der Waals surface area contributed by atoms with Crippen LogP contribution in [0.3, 0.4) is 0 Å². The third kappa shape index (κ3) is 3.11. The molecule has 0 aromatic heterocycles. The van der Waals surface area contributed by atoms with Crippen molar-refractivity contribution in [1.82, 2.24) is 9.80 Å². The number of nitrogens with zero attached hydrogens (tertiary/aromatic N) is 2. The van der Waals surface area contributed by atoms with Crippen molar-refractivity contribution in [3.63, 3.8) is 0 Å². The highest BCUT2D eigenvalue weighted by molar-refractivity contribution is 5.04. The summed E-state index contributed by atoms with van der Waals surface area (Å²) < 4.78 is 0. The fourth-order valence-electron chi connectivity index (χ4n) is 3.96. The Labute approximate surface area is 118 Å². The fourth-order valence-corrected chi connectivity index (χ4v) is 3.96. The molecule has 3 aliphatic rings. The molecule has 0 saturated carbocycles. The van der Waals surface area contributed by atoms with E-state index in [4.69, 9.17) is 0 Å². The zero-order valence-electron chi connectivity index (χ0n) is 12.3. The zero-order valence-corrected chi connectivity index (χ0v) is 12.3. The predicted molar refractivity (Wildman–Crippen MR) is 81.3 cm³/mol. The number of allylic oxidation sites excluding steroid dienone is 2. The summed E-state index contributed by atoms with van der Waals surface area (Å²) in [6.45, 7) is 6.17. The first-order chi connectivity index (χ1) is 9.34. The van der Waals surface area contributed by atoms with Crippen LogP contribution >= 0.6 is 0 Å². The Hall–Kier alpha value is -0.600. The van der Waals surface area contributed by atoms with E-state index in [0.717, 1.165) is 6.04 Å². The Bertz CT molecular complexity index is 347. The second-order valence-electron chi connectivity index (χ2n) is 6.43. The number of hydrogen-bond donors (Lipinski definition) is 0. The SMILES string of the molecule is C[C@H]1CN([C@@H]2C=CCCC2)CCN1[C@H]1C=CCCC1. The van der Waals surface area contributed by atoms with E-state index in [-0.39, 0.29) is 0 Å². The average molecular weight is 260 g/mol. The topological polar surface area (TPSA) is 6.48 Å². The molecule has 0 unspecified atom stereocenters. The van der Waals surface area contributed by atoms with Crippen LogP contribution in [0.1, 0.15) is 45.4 Å². The maximum atomic E-state index is 2.73. The van der Waals surface area contributed by atoms with E-state index in [1.54, 1.807) is 0 Å². The van der Waals surface area contributed by atoms with E-state index < -0.39 is 0 Å². The van der Waals surface area contributed by atoms with Crippen LogP contribution in [0, 0.1) is 0 Å². The van der Waals surface area contributed by atoms with Gasteiger partial charge in [-0.15, -0.1) is 0 Å². The first-order valence-corrected chi connectivity index (χ1v) is 8.18. The maximum Gasteiger partial charge on any atom is 0.0282 e. The average Bonchev–Trinajstić information content (AvgIpc) is 2.49. The molecular formula is C17H28N2. The zero-order chi connectivity index (χ0) is 13.1. The second-order valence-corrected chi connectivity index (χ2v) is 6.43. The van der Waals surface area contributed by atoms with Crippen LogP contribution < -0.4 is 0 Å². The fraction of sp³-hybridized carbons (Fsp3) is 0.765. The molecular weight excluding hydrogens is 232 g/mol. The van der Waals surface area contributed by atoms with Crippen molar-refractivity contribution in [2.45, 2.75) is 63.6 Å². The molecule has 1 heterocycles. The van der Waals surface area contributed by atoms with Gasteiger partial charge >= 0.3 is 0 Å². The lowest BCUT2D eigenvalue weighted by Gasteiger charge is -2.46. The van der Waals surface area contributed by atoms with Crippen LogP contribution in [0.15, 0.2) is 24.3 Å². The Kier molecular flexibility index (Phi) is 4.39. The van der Waals surface area contributed by atoms with Gasteiger partial charge in [-0.05, 0) is 45.4 Å². The molecule has 0 N–H and O–H groups in total. The van der Waals surface area contributed by atoms with Crippen molar-refractivity contribution in [1.29, 1.82) is 0 Å². The van der Waals surface area contributed by atoms with Crippen LogP contribution in [0.5, 0.6) is 0 Å². The standard InChI is InChI=1S/C17H28N2/c1-15-14-18(16-8-4-2-5-9-16)12-13-19(15)17-10-6-3-7-11-17/h4,6,8,10,15-17H,2-3,5,7,9,11-14H2,1H3/t15-,16+,17-/m0/s1. The van der Waals surface area contributed by atoms with Gasteiger partial charge in [0.1, 0.15) is 0 Å². The minimum atomic E-state index is 0.705. The third-order valence-corrected chi connectivity index (χ3v) is 5.06. The summed E-state index contributed by atoms with van der Waals surface area (Å²) in [7, 11) is 0. The van der Waals surface area contributed by atoms with Crippen LogP contribution in [0.4, 0.5) is 0 Å². The Morgan fingerprint density at radius 2 is 1.58 bits per heavy atom. The summed E-state index contributed by atoms with van der Waals surface area (Å²) in [4.78, 5) is 5.45. The van der Waals surface area contributed by atoms with Crippen LogP contribution in [-0.4, -0.2) is 47.6 Å². The van der Waals surface area contributed by atoms with E-state index in [1.165, 1.54) is 58.2 Å². The van der Waals surface area contributed by atoms with Crippen LogP contribution in [-0.2, 0) is 0 Å². The highest BCUT2D eigenvalue weighted by atomic mass is 15.3. The lowest BCUT2D eigenvalue weighted by Crippen LogP contribution is -2.57. The molecule has 1 saturated heterocycles. The van der Waals surface area contributed by atoms with Crippen molar-refractivity contribution in [2.75, 3.05) is 19.6 Å².